The monoisotopic (exact) mass is 362 g/mol. The summed E-state index contributed by atoms with van der Waals surface area (Å²) < 4.78 is 1.94. The first-order valence-corrected chi connectivity index (χ1v) is 7.66. The van der Waals surface area contributed by atoms with Crippen molar-refractivity contribution in [2.24, 2.45) is 13.0 Å². The second-order valence-corrected chi connectivity index (χ2v) is 6.36. The summed E-state index contributed by atoms with van der Waals surface area (Å²) >= 11 is 6.39. The van der Waals surface area contributed by atoms with E-state index in [1.807, 2.05) is 23.9 Å². The Morgan fingerprint density at radius 1 is 1.32 bits per heavy atom. The highest BCUT2D eigenvalue weighted by atomic mass is 35.5. The van der Waals surface area contributed by atoms with Crippen molar-refractivity contribution in [3.8, 4) is 0 Å². The summed E-state index contributed by atoms with van der Waals surface area (Å²) in [5.41, 5.74) is 2.23. The zero-order chi connectivity index (χ0) is 13.7. The van der Waals surface area contributed by atoms with E-state index in [0.29, 0.717) is 6.04 Å². The molecule has 1 aromatic carbocycles. The van der Waals surface area contributed by atoms with Crippen molar-refractivity contribution in [1.29, 1.82) is 0 Å². The number of hydrogen-bond acceptors (Lipinski definition) is 3. The van der Waals surface area contributed by atoms with Crippen LogP contribution in [0.5, 0.6) is 0 Å². The molecule has 2 saturated heterocycles. The minimum absolute atomic E-state index is 0. The number of hydrogen-bond donors (Lipinski definition) is 1. The predicted molar refractivity (Wildman–Crippen MR) is 95.4 cm³/mol. The fourth-order valence-electron chi connectivity index (χ4n) is 3.79. The lowest BCUT2D eigenvalue weighted by atomic mass is 10.1. The maximum atomic E-state index is 6.39. The van der Waals surface area contributed by atoms with Crippen LogP contribution in [0.25, 0.3) is 10.9 Å². The lowest BCUT2D eigenvalue weighted by molar-refractivity contribution is 0.241. The molecule has 0 unspecified atom stereocenters. The molecule has 2 aliphatic rings. The van der Waals surface area contributed by atoms with E-state index in [1.54, 1.807) is 0 Å². The van der Waals surface area contributed by atoms with Gasteiger partial charge in [-0.05, 0) is 37.6 Å². The Labute approximate surface area is 148 Å². The van der Waals surface area contributed by atoms with Gasteiger partial charge >= 0.3 is 0 Å². The lowest BCUT2D eigenvalue weighted by Gasteiger charge is -2.22. The highest BCUT2D eigenvalue weighted by Gasteiger charge is 2.37. The van der Waals surface area contributed by atoms with E-state index in [4.69, 9.17) is 16.7 Å². The van der Waals surface area contributed by atoms with Gasteiger partial charge in [-0.3, -0.25) is 9.58 Å². The van der Waals surface area contributed by atoms with E-state index in [9.17, 15) is 0 Å². The molecule has 2 aliphatic heterocycles. The molecule has 0 bridgehead atoms. The number of halogens is 3. The number of fused-ring (bicyclic) bond motifs is 2. The van der Waals surface area contributed by atoms with E-state index < -0.39 is 0 Å². The number of aromatic nitrogens is 2. The molecule has 1 aromatic heterocycles. The van der Waals surface area contributed by atoms with Crippen LogP contribution in [0.3, 0.4) is 0 Å². The molecule has 0 amide bonds. The van der Waals surface area contributed by atoms with Crippen molar-refractivity contribution >= 4 is 47.3 Å². The molecule has 2 aromatic rings. The van der Waals surface area contributed by atoms with Gasteiger partial charge < -0.3 is 5.32 Å². The Kier molecular flexibility index (Phi) is 5.62. The fourth-order valence-corrected chi connectivity index (χ4v) is 4.07. The van der Waals surface area contributed by atoms with Gasteiger partial charge in [0.2, 0.25) is 0 Å². The average molecular weight is 364 g/mol. The molecule has 3 heterocycles. The molecule has 0 saturated carbocycles. The van der Waals surface area contributed by atoms with Crippen LogP contribution in [0.15, 0.2) is 18.2 Å². The van der Waals surface area contributed by atoms with E-state index in [1.165, 1.54) is 19.5 Å². The SMILES string of the molecule is Cl.Cl.Cn1nc(CN2CC[C@H]3CNC[C@H]32)c2c(Cl)cccc21. The third-order valence-corrected chi connectivity index (χ3v) is 5.13. The predicted octanol–water partition coefficient (Wildman–Crippen LogP) is 2.86. The van der Waals surface area contributed by atoms with E-state index in [0.717, 1.165) is 40.6 Å². The van der Waals surface area contributed by atoms with Crippen LogP contribution < -0.4 is 5.32 Å². The van der Waals surface area contributed by atoms with Crippen LogP contribution in [0, 0.1) is 5.92 Å². The summed E-state index contributed by atoms with van der Waals surface area (Å²) in [6, 6.07) is 6.71. The summed E-state index contributed by atoms with van der Waals surface area (Å²) in [7, 11) is 1.99. The number of nitrogens with zero attached hydrogens (tertiary/aromatic N) is 3. The summed E-state index contributed by atoms with van der Waals surface area (Å²) in [5.74, 6) is 0.820. The van der Waals surface area contributed by atoms with Crippen molar-refractivity contribution in [2.75, 3.05) is 19.6 Å². The highest BCUT2D eigenvalue weighted by Crippen LogP contribution is 2.32. The number of benzene rings is 1. The molecular weight excluding hydrogens is 343 g/mol. The number of nitrogens with one attached hydrogen (secondary N) is 1. The van der Waals surface area contributed by atoms with Crippen LogP contribution in [0.2, 0.25) is 5.02 Å². The van der Waals surface area contributed by atoms with Gasteiger partial charge in [-0.15, -0.1) is 24.8 Å². The molecule has 1 N–H and O–H groups in total. The van der Waals surface area contributed by atoms with E-state index >= 15 is 0 Å². The Balaban J connectivity index is 0.000000882. The Bertz CT molecular complexity index is 658. The second kappa shape index (κ2) is 6.93. The largest absolute Gasteiger partial charge is 0.315 e. The lowest BCUT2D eigenvalue weighted by Crippen LogP contribution is -2.33. The number of aryl methyl sites for hydroxylation is 1. The first-order valence-electron chi connectivity index (χ1n) is 7.29. The van der Waals surface area contributed by atoms with Crippen LogP contribution in [0.1, 0.15) is 12.1 Å². The van der Waals surface area contributed by atoms with Gasteiger partial charge in [0.05, 0.1) is 16.2 Å². The van der Waals surface area contributed by atoms with Crippen molar-refractivity contribution in [3.63, 3.8) is 0 Å². The molecule has 0 radical (unpaired) electrons. The average Bonchev–Trinajstić information content (AvgIpc) is 3.08. The topological polar surface area (TPSA) is 33.1 Å². The van der Waals surface area contributed by atoms with Crippen LogP contribution in [-0.4, -0.2) is 40.4 Å². The van der Waals surface area contributed by atoms with Gasteiger partial charge in [-0.1, -0.05) is 17.7 Å². The number of likely N-dealkylation sites (tertiary alicyclic amines) is 1. The zero-order valence-electron chi connectivity index (χ0n) is 12.5. The van der Waals surface area contributed by atoms with Gasteiger partial charge in [0.25, 0.3) is 0 Å². The summed E-state index contributed by atoms with van der Waals surface area (Å²) in [6.45, 7) is 4.37. The van der Waals surface area contributed by atoms with Crippen LogP contribution in [0.4, 0.5) is 0 Å². The molecule has 4 nitrogen and oxygen atoms in total. The maximum Gasteiger partial charge on any atom is 0.0858 e. The Hall–Kier alpha value is -0.520. The van der Waals surface area contributed by atoms with Crippen LogP contribution in [-0.2, 0) is 13.6 Å². The van der Waals surface area contributed by atoms with Crippen molar-refractivity contribution in [2.45, 2.75) is 19.0 Å². The van der Waals surface area contributed by atoms with Crippen molar-refractivity contribution in [3.05, 3.63) is 28.9 Å². The van der Waals surface area contributed by atoms with E-state index in [2.05, 4.69) is 16.3 Å². The molecule has 0 aliphatic carbocycles. The van der Waals surface area contributed by atoms with Gasteiger partial charge in [0, 0.05) is 31.6 Å². The second-order valence-electron chi connectivity index (χ2n) is 5.95. The summed E-state index contributed by atoms with van der Waals surface area (Å²) in [4.78, 5) is 2.57. The minimum Gasteiger partial charge on any atom is -0.315 e. The van der Waals surface area contributed by atoms with Crippen molar-refractivity contribution < 1.29 is 0 Å². The molecule has 4 rings (SSSR count). The third-order valence-electron chi connectivity index (χ3n) is 4.81. The zero-order valence-corrected chi connectivity index (χ0v) is 14.8. The van der Waals surface area contributed by atoms with Gasteiger partial charge in [-0.2, -0.15) is 5.10 Å². The molecule has 2 fully saturated rings. The van der Waals surface area contributed by atoms with Gasteiger partial charge in [-0.25, -0.2) is 0 Å². The molecule has 2 atom stereocenters. The Morgan fingerprint density at radius 3 is 2.95 bits per heavy atom. The molecule has 22 heavy (non-hydrogen) atoms. The summed E-state index contributed by atoms with van der Waals surface area (Å²) in [5, 5.41) is 10.1. The molecule has 122 valence electrons. The maximum absolute atomic E-state index is 6.39. The molecular formula is C15H21Cl3N4. The first-order chi connectivity index (χ1) is 9.74. The smallest absolute Gasteiger partial charge is 0.0858 e. The molecule has 7 heteroatoms. The highest BCUT2D eigenvalue weighted by molar-refractivity contribution is 6.35. The Morgan fingerprint density at radius 2 is 2.14 bits per heavy atom. The summed E-state index contributed by atoms with van der Waals surface area (Å²) in [6.07, 6.45) is 1.30. The van der Waals surface area contributed by atoms with E-state index in [-0.39, 0.29) is 24.8 Å². The van der Waals surface area contributed by atoms with Crippen molar-refractivity contribution in [1.82, 2.24) is 20.0 Å². The minimum atomic E-state index is 0. The first kappa shape index (κ1) is 17.8. The van der Waals surface area contributed by atoms with Crippen LogP contribution >= 0.6 is 36.4 Å². The number of rotatable bonds is 2. The fraction of sp³-hybridized carbons (Fsp3) is 0.533. The normalized spacial score (nSPS) is 24.1. The third kappa shape index (κ3) is 2.83. The van der Waals surface area contributed by atoms with Gasteiger partial charge in [0.1, 0.15) is 0 Å². The standard InChI is InChI=1S/C15H19ClN4.2ClH/c1-19-13-4-2-3-11(16)15(13)12(18-19)9-20-6-5-10-7-17-8-14(10)20;;/h2-4,10,14,17H,5-9H2,1H3;2*1H/t10-,14+;;/m0../s1. The molecule has 0 spiro atoms. The quantitative estimate of drug-likeness (QED) is 0.890. The van der Waals surface area contributed by atoms with Gasteiger partial charge in [0.15, 0.2) is 0 Å².